The molecule has 1 N–H and O–H groups in total. The van der Waals surface area contributed by atoms with Crippen LogP contribution in [0.15, 0.2) is 24.3 Å². The third kappa shape index (κ3) is 5.53. The summed E-state index contributed by atoms with van der Waals surface area (Å²) in [4.78, 5) is 0. The van der Waals surface area contributed by atoms with Crippen molar-refractivity contribution in [2.24, 2.45) is 0 Å². The first-order valence-corrected chi connectivity index (χ1v) is 6.67. The maximum absolute atomic E-state index is 6.00. The minimum Gasteiger partial charge on any atom is -0.372 e. The maximum Gasteiger partial charge on any atom is 0.0949 e. The molecule has 96 valence electrons. The van der Waals surface area contributed by atoms with Gasteiger partial charge in [0.2, 0.25) is 0 Å². The molecule has 2 nitrogen and oxygen atoms in total. The van der Waals surface area contributed by atoms with E-state index in [0.717, 1.165) is 30.2 Å². The Morgan fingerprint density at radius 1 is 1.35 bits per heavy atom. The minimum absolute atomic E-state index is 0.0931. The van der Waals surface area contributed by atoms with Crippen LogP contribution in [0.3, 0.4) is 0 Å². The normalized spacial score (nSPS) is 12.6. The SMILES string of the molecule is CCCCCOC(CNC)c1cccc(Cl)c1. The maximum atomic E-state index is 6.00. The lowest BCUT2D eigenvalue weighted by atomic mass is 10.1. The molecule has 0 radical (unpaired) electrons. The highest BCUT2D eigenvalue weighted by molar-refractivity contribution is 6.30. The molecule has 17 heavy (non-hydrogen) atoms. The van der Waals surface area contributed by atoms with E-state index in [-0.39, 0.29) is 6.10 Å². The van der Waals surface area contributed by atoms with E-state index in [1.165, 1.54) is 12.8 Å². The molecular weight excluding hydrogens is 234 g/mol. The van der Waals surface area contributed by atoms with Crippen molar-refractivity contribution in [2.75, 3.05) is 20.2 Å². The fraction of sp³-hybridized carbons (Fsp3) is 0.571. The molecule has 0 aliphatic heterocycles. The van der Waals surface area contributed by atoms with Crippen molar-refractivity contribution in [1.82, 2.24) is 5.32 Å². The second-order valence-electron chi connectivity index (χ2n) is 4.18. The van der Waals surface area contributed by atoms with E-state index in [4.69, 9.17) is 16.3 Å². The average Bonchev–Trinajstić information content (AvgIpc) is 2.33. The molecule has 1 aromatic rings. The van der Waals surface area contributed by atoms with E-state index in [0.29, 0.717) is 0 Å². The monoisotopic (exact) mass is 255 g/mol. The number of hydrogen-bond donors (Lipinski definition) is 1. The summed E-state index contributed by atoms with van der Waals surface area (Å²) in [5.74, 6) is 0. The second kappa shape index (κ2) is 8.51. The largest absolute Gasteiger partial charge is 0.372 e. The topological polar surface area (TPSA) is 21.3 Å². The molecule has 1 aromatic carbocycles. The van der Waals surface area contributed by atoms with Crippen LogP contribution >= 0.6 is 11.6 Å². The summed E-state index contributed by atoms with van der Waals surface area (Å²) in [6, 6.07) is 7.89. The predicted octanol–water partition coefficient (Wildman–Crippen LogP) is 3.81. The van der Waals surface area contributed by atoms with Crippen molar-refractivity contribution < 1.29 is 4.74 Å². The number of halogens is 1. The van der Waals surface area contributed by atoms with Crippen LogP contribution in [0, 0.1) is 0 Å². The quantitative estimate of drug-likeness (QED) is 0.714. The molecule has 0 aliphatic rings. The van der Waals surface area contributed by atoms with Gasteiger partial charge in [-0.15, -0.1) is 0 Å². The van der Waals surface area contributed by atoms with Crippen LogP contribution < -0.4 is 5.32 Å². The summed E-state index contributed by atoms with van der Waals surface area (Å²) >= 11 is 6.00. The van der Waals surface area contributed by atoms with Gasteiger partial charge < -0.3 is 10.1 Å². The van der Waals surface area contributed by atoms with E-state index in [9.17, 15) is 0 Å². The van der Waals surface area contributed by atoms with Gasteiger partial charge in [0, 0.05) is 18.2 Å². The summed E-state index contributed by atoms with van der Waals surface area (Å²) in [6.07, 6.45) is 3.66. The standard InChI is InChI=1S/C14H22ClNO/c1-3-4-5-9-17-14(11-16-2)12-7-6-8-13(15)10-12/h6-8,10,14,16H,3-5,9,11H2,1-2H3. The number of likely N-dealkylation sites (N-methyl/N-ethyl adjacent to an activating group) is 1. The Balaban J connectivity index is 2.52. The van der Waals surface area contributed by atoms with Gasteiger partial charge in [-0.2, -0.15) is 0 Å². The molecule has 0 saturated carbocycles. The first-order chi connectivity index (χ1) is 8.27. The van der Waals surface area contributed by atoms with E-state index < -0.39 is 0 Å². The summed E-state index contributed by atoms with van der Waals surface area (Å²) in [5, 5.41) is 3.92. The third-order valence-corrected chi connectivity index (χ3v) is 2.91. The van der Waals surface area contributed by atoms with Gasteiger partial charge in [-0.25, -0.2) is 0 Å². The van der Waals surface area contributed by atoms with Crippen molar-refractivity contribution in [3.63, 3.8) is 0 Å². The van der Waals surface area contributed by atoms with Gasteiger partial charge in [-0.05, 0) is 31.2 Å². The van der Waals surface area contributed by atoms with Crippen LogP contribution in [-0.4, -0.2) is 20.2 Å². The Kier molecular flexibility index (Phi) is 7.25. The zero-order valence-corrected chi connectivity index (χ0v) is 11.5. The average molecular weight is 256 g/mol. The third-order valence-electron chi connectivity index (χ3n) is 2.68. The molecule has 1 rings (SSSR count). The van der Waals surface area contributed by atoms with Gasteiger partial charge in [0.1, 0.15) is 0 Å². The molecule has 3 heteroatoms. The highest BCUT2D eigenvalue weighted by Crippen LogP contribution is 2.20. The first kappa shape index (κ1) is 14.5. The lowest BCUT2D eigenvalue weighted by Gasteiger charge is -2.18. The summed E-state index contributed by atoms with van der Waals surface area (Å²) in [5.41, 5.74) is 1.14. The van der Waals surface area contributed by atoms with Crippen LogP contribution in [0.2, 0.25) is 5.02 Å². The Bertz CT molecular complexity index is 317. The van der Waals surface area contributed by atoms with Crippen LogP contribution in [0.1, 0.15) is 37.9 Å². The molecule has 0 saturated heterocycles. The Morgan fingerprint density at radius 3 is 2.82 bits per heavy atom. The van der Waals surface area contributed by atoms with Crippen molar-refractivity contribution in [1.29, 1.82) is 0 Å². The minimum atomic E-state index is 0.0931. The van der Waals surface area contributed by atoms with Crippen molar-refractivity contribution >= 4 is 11.6 Å². The van der Waals surface area contributed by atoms with Crippen molar-refractivity contribution in [3.8, 4) is 0 Å². The fourth-order valence-electron chi connectivity index (χ4n) is 1.74. The van der Waals surface area contributed by atoms with Crippen molar-refractivity contribution in [2.45, 2.75) is 32.3 Å². The molecule has 0 aromatic heterocycles. The van der Waals surface area contributed by atoms with Crippen LogP contribution in [0.25, 0.3) is 0 Å². The molecule has 0 heterocycles. The second-order valence-corrected chi connectivity index (χ2v) is 4.62. The number of unbranched alkanes of at least 4 members (excludes halogenated alkanes) is 2. The van der Waals surface area contributed by atoms with Gasteiger partial charge in [-0.3, -0.25) is 0 Å². The molecule has 0 spiro atoms. The number of ether oxygens (including phenoxy) is 1. The fourth-order valence-corrected chi connectivity index (χ4v) is 1.94. The highest BCUT2D eigenvalue weighted by atomic mass is 35.5. The molecule has 0 fully saturated rings. The van der Waals surface area contributed by atoms with Crippen molar-refractivity contribution in [3.05, 3.63) is 34.9 Å². The van der Waals surface area contributed by atoms with E-state index in [1.54, 1.807) is 0 Å². The van der Waals surface area contributed by atoms with Gasteiger partial charge in [0.15, 0.2) is 0 Å². The zero-order valence-electron chi connectivity index (χ0n) is 10.7. The van der Waals surface area contributed by atoms with E-state index in [2.05, 4.69) is 18.3 Å². The molecule has 0 aliphatic carbocycles. The van der Waals surface area contributed by atoms with E-state index in [1.807, 2.05) is 25.2 Å². The smallest absolute Gasteiger partial charge is 0.0949 e. The molecular formula is C14H22ClNO. The summed E-state index contributed by atoms with van der Waals surface area (Å²) in [7, 11) is 1.94. The van der Waals surface area contributed by atoms with E-state index >= 15 is 0 Å². The number of benzene rings is 1. The lowest BCUT2D eigenvalue weighted by molar-refractivity contribution is 0.0513. The zero-order chi connectivity index (χ0) is 12.5. The number of nitrogens with one attached hydrogen (secondary N) is 1. The van der Waals surface area contributed by atoms with Gasteiger partial charge in [-0.1, -0.05) is 43.5 Å². The molecule has 1 unspecified atom stereocenters. The van der Waals surface area contributed by atoms with Gasteiger partial charge in [0.25, 0.3) is 0 Å². The molecule has 0 bridgehead atoms. The number of hydrogen-bond acceptors (Lipinski definition) is 2. The summed E-state index contributed by atoms with van der Waals surface area (Å²) in [6.45, 7) is 3.82. The Morgan fingerprint density at radius 2 is 2.18 bits per heavy atom. The predicted molar refractivity (Wildman–Crippen MR) is 73.6 cm³/mol. The number of rotatable bonds is 8. The summed E-state index contributed by atoms with van der Waals surface area (Å²) < 4.78 is 5.90. The molecule has 0 amide bonds. The lowest BCUT2D eigenvalue weighted by Crippen LogP contribution is -2.20. The highest BCUT2D eigenvalue weighted by Gasteiger charge is 2.11. The van der Waals surface area contributed by atoms with Crippen LogP contribution in [0.4, 0.5) is 0 Å². The Labute approximate surface area is 109 Å². The van der Waals surface area contributed by atoms with Crippen LogP contribution in [-0.2, 0) is 4.74 Å². The Hall–Kier alpha value is -0.570. The van der Waals surface area contributed by atoms with Crippen LogP contribution in [0.5, 0.6) is 0 Å². The van der Waals surface area contributed by atoms with Gasteiger partial charge >= 0.3 is 0 Å². The van der Waals surface area contributed by atoms with Gasteiger partial charge in [0.05, 0.1) is 6.10 Å². The first-order valence-electron chi connectivity index (χ1n) is 6.29. The molecule has 1 atom stereocenters.